The Hall–Kier alpha value is -2.23. The first-order valence-corrected chi connectivity index (χ1v) is 6.16. The summed E-state index contributed by atoms with van der Waals surface area (Å²) >= 11 is 0. The van der Waals surface area contributed by atoms with Gasteiger partial charge < -0.3 is 14.6 Å². The van der Waals surface area contributed by atoms with Crippen LogP contribution in [0, 0.1) is 6.92 Å². The number of hydrogen-bond acceptors (Lipinski definition) is 3. The number of anilines is 1. The molecule has 1 aromatic carbocycles. The molecule has 1 aromatic heterocycles. The number of amides is 1. The molecule has 2 rings (SSSR count). The van der Waals surface area contributed by atoms with Gasteiger partial charge in [-0.05, 0) is 42.3 Å². The average Bonchev–Trinajstić information content (AvgIpc) is 2.90. The number of aryl methyl sites for hydroxylation is 1. The van der Waals surface area contributed by atoms with E-state index in [1.165, 1.54) is 6.26 Å². The van der Waals surface area contributed by atoms with Crippen molar-refractivity contribution in [2.75, 3.05) is 19.0 Å². The van der Waals surface area contributed by atoms with Crippen molar-refractivity contribution in [3.05, 3.63) is 53.5 Å². The smallest absolute Gasteiger partial charge is 0.287 e. The van der Waals surface area contributed by atoms with E-state index in [2.05, 4.69) is 16.3 Å². The lowest BCUT2D eigenvalue weighted by atomic mass is 10.1. The summed E-state index contributed by atoms with van der Waals surface area (Å²) in [7, 11) is 4.01. The Bertz CT molecular complexity index is 560. The Morgan fingerprint density at radius 2 is 2.11 bits per heavy atom. The average molecular weight is 258 g/mol. The monoisotopic (exact) mass is 258 g/mol. The molecular weight excluding hydrogens is 240 g/mol. The number of rotatable bonds is 4. The van der Waals surface area contributed by atoms with E-state index < -0.39 is 0 Å². The number of furan rings is 1. The fourth-order valence-electron chi connectivity index (χ4n) is 1.83. The van der Waals surface area contributed by atoms with Crippen LogP contribution >= 0.6 is 0 Å². The first-order valence-electron chi connectivity index (χ1n) is 6.16. The van der Waals surface area contributed by atoms with Crippen molar-refractivity contribution in [3.8, 4) is 0 Å². The van der Waals surface area contributed by atoms with E-state index in [0.29, 0.717) is 12.3 Å². The minimum atomic E-state index is -0.193. The SMILES string of the molecule is Cc1cc(N(C)C)ccc1CNC(=O)c1ccco1. The lowest BCUT2D eigenvalue weighted by Crippen LogP contribution is -2.22. The standard InChI is InChI=1S/C15H18N2O2/c1-11-9-13(17(2)3)7-6-12(11)10-16-15(18)14-5-4-8-19-14/h4-9H,10H2,1-3H3,(H,16,18). The highest BCUT2D eigenvalue weighted by Crippen LogP contribution is 2.17. The molecule has 2 aromatic rings. The normalized spacial score (nSPS) is 10.3. The second kappa shape index (κ2) is 5.61. The third kappa shape index (κ3) is 3.16. The molecule has 1 amide bonds. The van der Waals surface area contributed by atoms with Crippen LogP contribution in [0.15, 0.2) is 41.0 Å². The largest absolute Gasteiger partial charge is 0.459 e. The molecule has 0 saturated carbocycles. The van der Waals surface area contributed by atoms with E-state index in [1.807, 2.05) is 33.2 Å². The summed E-state index contributed by atoms with van der Waals surface area (Å²) in [4.78, 5) is 13.8. The molecule has 0 bridgehead atoms. The van der Waals surface area contributed by atoms with E-state index in [4.69, 9.17) is 4.42 Å². The Kier molecular flexibility index (Phi) is 3.90. The molecule has 0 radical (unpaired) electrons. The molecule has 0 atom stereocenters. The zero-order valence-corrected chi connectivity index (χ0v) is 11.4. The quantitative estimate of drug-likeness (QED) is 0.916. The Morgan fingerprint density at radius 1 is 1.32 bits per heavy atom. The summed E-state index contributed by atoms with van der Waals surface area (Å²) in [6, 6.07) is 9.53. The topological polar surface area (TPSA) is 45.5 Å². The van der Waals surface area contributed by atoms with Crippen molar-refractivity contribution in [2.45, 2.75) is 13.5 Å². The van der Waals surface area contributed by atoms with Crippen LogP contribution in [0.4, 0.5) is 5.69 Å². The molecule has 0 saturated heterocycles. The van der Waals surface area contributed by atoms with Crippen LogP contribution in [0.1, 0.15) is 21.7 Å². The fraction of sp³-hybridized carbons (Fsp3) is 0.267. The van der Waals surface area contributed by atoms with Crippen LogP contribution in [0.5, 0.6) is 0 Å². The molecular formula is C15H18N2O2. The number of carbonyl (C=O) groups is 1. The highest BCUT2D eigenvalue weighted by Gasteiger charge is 2.08. The summed E-state index contributed by atoms with van der Waals surface area (Å²) < 4.78 is 5.05. The van der Waals surface area contributed by atoms with E-state index in [1.54, 1.807) is 12.1 Å². The third-order valence-electron chi connectivity index (χ3n) is 3.03. The van der Waals surface area contributed by atoms with Gasteiger partial charge in [-0.3, -0.25) is 4.79 Å². The maximum absolute atomic E-state index is 11.8. The molecule has 0 spiro atoms. The molecule has 0 unspecified atom stereocenters. The molecule has 4 nitrogen and oxygen atoms in total. The summed E-state index contributed by atoms with van der Waals surface area (Å²) in [5.41, 5.74) is 3.41. The molecule has 1 heterocycles. The van der Waals surface area contributed by atoms with Crippen molar-refractivity contribution >= 4 is 11.6 Å². The van der Waals surface area contributed by atoms with Gasteiger partial charge in [-0.25, -0.2) is 0 Å². The maximum Gasteiger partial charge on any atom is 0.287 e. The van der Waals surface area contributed by atoms with Gasteiger partial charge in [0, 0.05) is 26.3 Å². The van der Waals surface area contributed by atoms with Crippen LogP contribution in [0.2, 0.25) is 0 Å². The molecule has 1 N–H and O–H groups in total. The Labute approximate surface area is 113 Å². The second-order valence-corrected chi connectivity index (χ2v) is 4.67. The summed E-state index contributed by atoms with van der Waals surface area (Å²) in [5.74, 6) is 0.142. The van der Waals surface area contributed by atoms with Gasteiger partial charge in [0.25, 0.3) is 5.91 Å². The van der Waals surface area contributed by atoms with Crippen LogP contribution in [0.25, 0.3) is 0 Å². The molecule has 4 heteroatoms. The maximum atomic E-state index is 11.8. The number of nitrogens with zero attached hydrogens (tertiary/aromatic N) is 1. The number of benzene rings is 1. The van der Waals surface area contributed by atoms with Crippen molar-refractivity contribution in [1.82, 2.24) is 5.32 Å². The predicted molar refractivity (Wildman–Crippen MR) is 75.4 cm³/mol. The van der Waals surface area contributed by atoms with E-state index in [-0.39, 0.29) is 5.91 Å². The van der Waals surface area contributed by atoms with Crippen molar-refractivity contribution in [2.24, 2.45) is 0 Å². The summed E-state index contributed by atoms with van der Waals surface area (Å²) in [6.45, 7) is 2.54. The molecule has 0 aliphatic carbocycles. The van der Waals surface area contributed by atoms with E-state index in [9.17, 15) is 4.79 Å². The Morgan fingerprint density at radius 3 is 2.68 bits per heavy atom. The fourth-order valence-corrected chi connectivity index (χ4v) is 1.83. The van der Waals surface area contributed by atoms with Gasteiger partial charge in [0.15, 0.2) is 5.76 Å². The number of carbonyl (C=O) groups excluding carboxylic acids is 1. The second-order valence-electron chi connectivity index (χ2n) is 4.67. The highest BCUT2D eigenvalue weighted by molar-refractivity contribution is 5.91. The third-order valence-corrected chi connectivity index (χ3v) is 3.03. The summed E-state index contributed by atoms with van der Waals surface area (Å²) in [6.07, 6.45) is 1.49. The Balaban J connectivity index is 2.02. The van der Waals surface area contributed by atoms with Crippen LogP contribution in [0.3, 0.4) is 0 Å². The number of hydrogen-bond donors (Lipinski definition) is 1. The lowest BCUT2D eigenvalue weighted by molar-refractivity contribution is 0.0923. The molecule has 19 heavy (non-hydrogen) atoms. The highest BCUT2D eigenvalue weighted by atomic mass is 16.3. The van der Waals surface area contributed by atoms with Gasteiger partial charge in [-0.2, -0.15) is 0 Å². The summed E-state index contributed by atoms with van der Waals surface area (Å²) in [5, 5.41) is 2.84. The van der Waals surface area contributed by atoms with Gasteiger partial charge in [-0.15, -0.1) is 0 Å². The van der Waals surface area contributed by atoms with Gasteiger partial charge in [0.1, 0.15) is 0 Å². The van der Waals surface area contributed by atoms with Crippen molar-refractivity contribution in [3.63, 3.8) is 0 Å². The van der Waals surface area contributed by atoms with Crippen molar-refractivity contribution in [1.29, 1.82) is 0 Å². The minimum absolute atomic E-state index is 0.193. The number of nitrogens with one attached hydrogen (secondary N) is 1. The van der Waals surface area contributed by atoms with Gasteiger partial charge in [0.2, 0.25) is 0 Å². The molecule has 0 aliphatic heterocycles. The molecule has 0 fully saturated rings. The minimum Gasteiger partial charge on any atom is -0.459 e. The predicted octanol–water partition coefficient (Wildman–Crippen LogP) is 2.58. The van der Waals surface area contributed by atoms with Gasteiger partial charge in [0.05, 0.1) is 6.26 Å². The molecule has 100 valence electrons. The van der Waals surface area contributed by atoms with Crippen molar-refractivity contribution < 1.29 is 9.21 Å². The van der Waals surface area contributed by atoms with Crippen LogP contribution in [-0.4, -0.2) is 20.0 Å². The first kappa shape index (κ1) is 13.2. The zero-order chi connectivity index (χ0) is 13.8. The van der Waals surface area contributed by atoms with Crippen LogP contribution in [-0.2, 0) is 6.54 Å². The molecule has 0 aliphatic rings. The lowest BCUT2D eigenvalue weighted by Gasteiger charge is -2.15. The first-order chi connectivity index (χ1) is 9.08. The van der Waals surface area contributed by atoms with Gasteiger partial charge in [-0.1, -0.05) is 6.07 Å². The van der Waals surface area contributed by atoms with Crippen LogP contribution < -0.4 is 10.2 Å². The van der Waals surface area contributed by atoms with E-state index in [0.717, 1.165) is 16.8 Å². The van der Waals surface area contributed by atoms with E-state index >= 15 is 0 Å². The zero-order valence-electron chi connectivity index (χ0n) is 11.4. The van der Waals surface area contributed by atoms with Gasteiger partial charge >= 0.3 is 0 Å².